The van der Waals surface area contributed by atoms with Gasteiger partial charge in [0.05, 0.1) is 0 Å². The van der Waals surface area contributed by atoms with Crippen LogP contribution in [0.25, 0.3) is 0 Å². The van der Waals surface area contributed by atoms with Crippen molar-refractivity contribution in [3.8, 4) is 0 Å². The quantitative estimate of drug-likeness (QED) is 0.686. The molecule has 1 aromatic rings. The SMILES string of the molecule is Cl.NC(=O)c1ncccc1F. The molecule has 2 N–H and O–H groups in total. The maximum atomic E-state index is 12.5. The molecule has 60 valence electrons. The van der Waals surface area contributed by atoms with Crippen LogP contribution in [0.1, 0.15) is 10.5 Å². The Hall–Kier alpha value is -1.16. The van der Waals surface area contributed by atoms with Crippen molar-refractivity contribution in [3.05, 3.63) is 29.8 Å². The number of nitrogens with two attached hydrogens (primary N) is 1. The van der Waals surface area contributed by atoms with Crippen molar-refractivity contribution in [3.63, 3.8) is 0 Å². The van der Waals surface area contributed by atoms with Crippen LogP contribution < -0.4 is 5.73 Å². The zero-order valence-corrected chi connectivity index (χ0v) is 6.27. The van der Waals surface area contributed by atoms with Crippen LogP contribution in [0.3, 0.4) is 0 Å². The molecule has 0 aliphatic heterocycles. The standard InChI is InChI=1S/C6H5FN2O.ClH/c7-4-2-1-3-9-5(4)6(8)10;/h1-3H,(H2,8,10);1H. The molecule has 1 amide bonds. The van der Waals surface area contributed by atoms with Gasteiger partial charge >= 0.3 is 0 Å². The molecule has 0 bridgehead atoms. The van der Waals surface area contributed by atoms with E-state index in [9.17, 15) is 9.18 Å². The molecule has 5 heteroatoms. The number of carbonyl (C=O) groups is 1. The molecule has 0 aliphatic rings. The lowest BCUT2D eigenvalue weighted by molar-refractivity contribution is 0.0991. The predicted octanol–water partition coefficient (Wildman–Crippen LogP) is 0.741. The number of rotatable bonds is 1. The van der Waals surface area contributed by atoms with Gasteiger partial charge in [-0.05, 0) is 12.1 Å². The van der Waals surface area contributed by atoms with Gasteiger partial charge in [-0.15, -0.1) is 12.4 Å². The third-order valence-electron chi connectivity index (χ3n) is 0.992. The van der Waals surface area contributed by atoms with Crippen molar-refractivity contribution in [1.29, 1.82) is 0 Å². The molecule has 11 heavy (non-hydrogen) atoms. The van der Waals surface area contributed by atoms with Gasteiger partial charge in [0.25, 0.3) is 5.91 Å². The van der Waals surface area contributed by atoms with Gasteiger partial charge in [0.2, 0.25) is 0 Å². The number of halogens is 2. The predicted molar refractivity (Wildman–Crippen MR) is 40.0 cm³/mol. The number of nitrogens with zero attached hydrogens (tertiary/aromatic N) is 1. The van der Waals surface area contributed by atoms with Crippen LogP contribution in [0.4, 0.5) is 4.39 Å². The van der Waals surface area contributed by atoms with Gasteiger partial charge in [0, 0.05) is 6.20 Å². The molecule has 1 heterocycles. The highest BCUT2D eigenvalue weighted by Gasteiger charge is 2.06. The van der Waals surface area contributed by atoms with Crippen LogP contribution in [0, 0.1) is 5.82 Å². The van der Waals surface area contributed by atoms with Crippen molar-refractivity contribution in [2.75, 3.05) is 0 Å². The molecule has 0 saturated heterocycles. The fourth-order valence-corrected chi connectivity index (χ4v) is 0.567. The van der Waals surface area contributed by atoms with E-state index in [1.54, 1.807) is 0 Å². The van der Waals surface area contributed by atoms with Crippen molar-refractivity contribution in [2.24, 2.45) is 5.73 Å². The van der Waals surface area contributed by atoms with Crippen LogP contribution in [0.2, 0.25) is 0 Å². The summed E-state index contributed by atoms with van der Waals surface area (Å²) in [4.78, 5) is 13.8. The highest BCUT2D eigenvalue weighted by atomic mass is 35.5. The van der Waals surface area contributed by atoms with Crippen LogP contribution in [-0.4, -0.2) is 10.9 Å². The highest BCUT2D eigenvalue weighted by molar-refractivity contribution is 5.90. The van der Waals surface area contributed by atoms with Crippen molar-refractivity contribution in [1.82, 2.24) is 4.98 Å². The van der Waals surface area contributed by atoms with Crippen LogP contribution >= 0.6 is 12.4 Å². The number of hydrogen-bond donors (Lipinski definition) is 1. The van der Waals surface area contributed by atoms with Gasteiger partial charge in [0.15, 0.2) is 11.5 Å². The zero-order valence-electron chi connectivity index (χ0n) is 5.45. The van der Waals surface area contributed by atoms with E-state index in [1.807, 2.05) is 0 Å². The number of aromatic nitrogens is 1. The molecule has 0 fully saturated rings. The summed E-state index contributed by atoms with van der Waals surface area (Å²) in [6.45, 7) is 0. The lowest BCUT2D eigenvalue weighted by Gasteiger charge is -1.92. The minimum absolute atomic E-state index is 0. The third-order valence-corrected chi connectivity index (χ3v) is 0.992. The Morgan fingerprint density at radius 1 is 1.64 bits per heavy atom. The van der Waals surface area contributed by atoms with E-state index < -0.39 is 11.7 Å². The molecule has 0 atom stereocenters. The summed E-state index contributed by atoms with van der Waals surface area (Å²) in [5.74, 6) is -1.53. The fraction of sp³-hybridized carbons (Fsp3) is 0. The molecule has 0 unspecified atom stereocenters. The summed E-state index contributed by atoms with van der Waals surface area (Å²) in [6, 6.07) is 2.52. The maximum absolute atomic E-state index is 12.5. The molecule has 1 aromatic heterocycles. The minimum atomic E-state index is -0.849. The first-order chi connectivity index (χ1) is 4.72. The summed E-state index contributed by atoms with van der Waals surface area (Å²) < 4.78 is 12.5. The monoisotopic (exact) mass is 176 g/mol. The van der Waals surface area contributed by atoms with Gasteiger partial charge in [-0.2, -0.15) is 0 Å². The average Bonchev–Trinajstić information content (AvgIpc) is 1.88. The number of primary amides is 1. The molecule has 0 spiro atoms. The minimum Gasteiger partial charge on any atom is -0.364 e. The van der Waals surface area contributed by atoms with Gasteiger partial charge in [-0.3, -0.25) is 4.79 Å². The molecule has 0 aromatic carbocycles. The van der Waals surface area contributed by atoms with Gasteiger partial charge in [-0.1, -0.05) is 0 Å². The summed E-state index contributed by atoms with van der Waals surface area (Å²) >= 11 is 0. The van der Waals surface area contributed by atoms with Crippen molar-refractivity contribution < 1.29 is 9.18 Å². The Balaban J connectivity index is 0.000001000. The van der Waals surface area contributed by atoms with E-state index in [0.717, 1.165) is 6.07 Å². The van der Waals surface area contributed by atoms with Crippen molar-refractivity contribution >= 4 is 18.3 Å². The summed E-state index contributed by atoms with van der Waals surface area (Å²) in [6.07, 6.45) is 1.31. The molecule has 0 saturated carbocycles. The fourth-order valence-electron chi connectivity index (χ4n) is 0.567. The lowest BCUT2D eigenvalue weighted by atomic mass is 10.3. The Labute approximate surface area is 68.8 Å². The first-order valence-corrected chi connectivity index (χ1v) is 2.62. The molecule has 0 aliphatic carbocycles. The van der Waals surface area contributed by atoms with E-state index >= 15 is 0 Å². The second-order valence-corrected chi connectivity index (χ2v) is 1.70. The smallest absolute Gasteiger partial charge is 0.270 e. The number of carbonyl (C=O) groups excluding carboxylic acids is 1. The second-order valence-electron chi connectivity index (χ2n) is 1.70. The molecule has 3 nitrogen and oxygen atoms in total. The first kappa shape index (κ1) is 9.84. The summed E-state index contributed by atoms with van der Waals surface area (Å²) in [5.41, 5.74) is 4.46. The van der Waals surface area contributed by atoms with E-state index in [2.05, 4.69) is 4.98 Å². The van der Waals surface area contributed by atoms with Gasteiger partial charge < -0.3 is 5.73 Å². The van der Waals surface area contributed by atoms with E-state index in [-0.39, 0.29) is 18.1 Å². The van der Waals surface area contributed by atoms with Crippen molar-refractivity contribution in [2.45, 2.75) is 0 Å². The molecule has 0 radical (unpaired) electrons. The van der Waals surface area contributed by atoms with E-state index in [4.69, 9.17) is 5.73 Å². The van der Waals surface area contributed by atoms with Crippen LogP contribution in [0.15, 0.2) is 18.3 Å². The van der Waals surface area contributed by atoms with E-state index in [0.29, 0.717) is 0 Å². The largest absolute Gasteiger partial charge is 0.364 e. The highest BCUT2D eigenvalue weighted by Crippen LogP contribution is 1.99. The maximum Gasteiger partial charge on any atom is 0.270 e. The number of amides is 1. The number of pyridine rings is 1. The Bertz CT molecular complexity index is 267. The Morgan fingerprint density at radius 3 is 2.64 bits per heavy atom. The van der Waals surface area contributed by atoms with Gasteiger partial charge in [0.1, 0.15) is 0 Å². The van der Waals surface area contributed by atoms with Crippen LogP contribution in [0.5, 0.6) is 0 Å². The molecule has 1 rings (SSSR count). The molecular weight excluding hydrogens is 171 g/mol. The second kappa shape index (κ2) is 3.88. The Morgan fingerprint density at radius 2 is 2.27 bits per heavy atom. The average molecular weight is 177 g/mol. The normalized spacial score (nSPS) is 8.45. The third kappa shape index (κ3) is 2.16. The molecular formula is C6H6ClFN2O. The lowest BCUT2D eigenvalue weighted by Crippen LogP contribution is -2.14. The van der Waals surface area contributed by atoms with E-state index in [1.165, 1.54) is 12.3 Å². The first-order valence-electron chi connectivity index (χ1n) is 2.62. The Kier molecular flexibility index (Phi) is 3.47. The van der Waals surface area contributed by atoms with Crippen LogP contribution in [-0.2, 0) is 0 Å². The summed E-state index contributed by atoms with van der Waals surface area (Å²) in [5, 5.41) is 0. The van der Waals surface area contributed by atoms with Gasteiger partial charge in [-0.25, -0.2) is 9.37 Å². The topological polar surface area (TPSA) is 56.0 Å². The zero-order chi connectivity index (χ0) is 7.56. The summed E-state index contributed by atoms with van der Waals surface area (Å²) in [7, 11) is 0. The number of hydrogen-bond acceptors (Lipinski definition) is 2.